The summed E-state index contributed by atoms with van der Waals surface area (Å²) in [6.07, 6.45) is 1.57. The van der Waals surface area contributed by atoms with Crippen molar-refractivity contribution in [3.05, 3.63) is 94.5 Å². The zero-order chi connectivity index (χ0) is 21.3. The molecule has 3 aromatic carbocycles. The first-order valence-electron chi connectivity index (χ1n) is 9.82. The Morgan fingerprint density at radius 2 is 1.60 bits per heavy atom. The summed E-state index contributed by atoms with van der Waals surface area (Å²) in [6.45, 7) is 6.32. The molecule has 0 aliphatic carbocycles. The number of para-hydroxylation sites is 1. The van der Waals surface area contributed by atoms with E-state index in [0.29, 0.717) is 12.4 Å². The van der Waals surface area contributed by atoms with Crippen molar-refractivity contribution in [2.24, 2.45) is 5.10 Å². The zero-order valence-electron chi connectivity index (χ0n) is 17.5. The molecule has 3 rings (SSSR count). The van der Waals surface area contributed by atoms with Gasteiger partial charge in [-0.05, 0) is 55.2 Å². The molecule has 0 aromatic heterocycles. The molecule has 0 fully saturated rings. The minimum absolute atomic E-state index is 0.103. The molecule has 0 spiro atoms. The van der Waals surface area contributed by atoms with Crippen LogP contribution >= 0.6 is 0 Å². The minimum Gasteiger partial charge on any atom is -0.488 e. The van der Waals surface area contributed by atoms with E-state index < -0.39 is 0 Å². The second kappa shape index (κ2) is 10.3. The predicted molar refractivity (Wildman–Crippen MR) is 119 cm³/mol. The highest BCUT2D eigenvalue weighted by Gasteiger charge is 2.09. The fourth-order valence-electron chi connectivity index (χ4n) is 2.95. The number of nitrogens with zero attached hydrogens (tertiary/aromatic N) is 1. The van der Waals surface area contributed by atoms with Crippen LogP contribution in [-0.2, 0) is 11.4 Å². The van der Waals surface area contributed by atoms with Crippen molar-refractivity contribution < 1.29 is 14.3 Å². The Bertz CT molecular complexity index is 1030. The van der Waals surface area contributed by atoms with Crippen molar-refractivity contribution in [3.63, 3.8) is 0 Å². The number of aryl methyl sites for hydroxylation is 2. The Kier molecular flexibility index (Phi) is 7.22. The summed E-state index contributed by atoms with van der Waals surface area (Å²) in [7, 11) is 0. The summed E-state index contributed by atoms with van der Waals surface area (Å²) in [5, 5.41) is 4.05. The van der Waals surface area contributed by atoms with Gasteiger partial charge in [0, 0.05) is 5.56 Å². The maximum atomic E-state index is 12.1. The smallest absolute Gasteiger partial charge is 0.277 e. The summed E-state index contributed by atoms with van der Waals surface area (Å²) in [4.78, 5) is 12.1. The third-order valence-electron chi connectivity index (χ3n) is 4.77. The van der Waals surface area contributed by atoms with Gasteiger partial charge >= 0.3 is 0 Å². The molecule has 1 N–H and O–H groups in total. The van der Waals surface area contributed by atoms with Crippen LogP contribution in [0.15, 0.2) is 71.8 Å². The van der Waals surface area contributed by atoms with Crippen molar-refractivity contribution in [2.45, 2.75) is 27.4 Å². The third kappa shape index (κ3) is 5.70. The Balaban J connectivity index is 1.55. The number of benzene rings is 3. The van der Waals surface area contributed by atoms with Gasteiger partial charge in [-0.25, -0.2) is 5.43 Å². The molecule has 5 heteroatoms. The number of amides is 1. The van der Waals surface area contributed by atoms with E-state index in [1.165, 1.54) is 0 Å². The number of carbonyl (C=O) groups is 1. The minimum atomic E-state index is -0.325. The topological polar surface area (TPSA) is 59.9 Å². The Morgan fingerprint density at radius 1 is 0.900 bits per heavy atom. The van der Waals surface area contributed by atoms with Gasteiger partial charge in [-0.1, -0.05) is 54.6 Å². The van der Waals surface area contributed by atoms with Crippen LogP contribution in [0.3, 0.4) is 0 Å². The number of hydrazone groups is 1. The van der Waals surface area contributed by atoms with Crippen molar-refractivity contribution >= 4 is 12.1 Å². The van der Waals surface area contributed by atoms with Gasteiger partial charge in [-0.2, -0.15) is 5.10 Å². The fourth-order valence-corrected chi connectivity index (χ4v) is 2.95. The normalized spacial score (nSPS) is 10.8. The molecule has 5 nitrogen and oxygen atoms in total. The van der Waals surface area contributed by atoms with Gasteiger partial charge in [0.2, 0.25) is 0 Å². The monoisotopic (exact) mass is 402 g/mol. The highest BCUT2D eigenvalue weighted by atomic mass is 16.5. The molecule has 30 heavy (non-hydrogen) atoms. The summed E-state index contributed by atoms with van der Waals surface area (Å²) in [5.41, 5.74) is 7.53. The molecular formula is C25H26N2O3. The number of ether oxygens (including phenoxy) is 2. The van der Waals surface area contributed by atoms with E-state index in [2.05, 4.69) is 10.5 Å². The molecule has 154 valence electrons. The average molecular weight is 402 g/mol. The van der Waals surface area contributed by atoms with Crippen LogP contribution in [0.4, 0.5) is 0 Å². The third-order valence-corrected chi connectivity index (χ3v) is 4.77. The molecule has 3 aromatic rings. The van der Waals surface area contributed by atoms with Crippen LogP contribution in [0.25, 0.3) is 0 Å². The fraction of sp³-hybridized carbons (Fsp3) is 0.200. The zero-order valence-corrected chi connectivity index (χ0v) is 17.5. The van der Waals surface area contributed by atoms with E-state index in [-0.39, 0.29) is 12.5 Å². The van der Waals surface area contributed by atoms with Gasteiger partial charge in [0.15, 0.2) is 6.61 Å². The first kappa shape index (κ1) is 21.1. The quantitative estimate of drug-likeness (QED) is 0.438. The molecule has 0 bridgehead atoms. The van der Waals surface area contributed by atoms with Gasteiger partial charge in [0.25, 0.3) is 5.91 Å². The van der Waals surface area contributed by atoms with E-state index in [1.807, 2.05) is 87.5 Å². The van der Waals surface area contributed by atoms with Gasteiger partial charge in [0.05, 0.1) is 6.21 Å². The maximum Gasteiger partial charge on any atom is 0.277 e. The number of hydrogen-bond donors (Lipinski definition) is 1. The van der Waals surface area contributed by atoms with Crippen molar-refractivity contribution in [1.29, 1.82) is 0 Å². The summed E-state index contributed by atoms with van der Waals surface area (Å²) in [6, 6.07) is 21.5. The number of carbonyl (C=O) groups excluding carboxylic acids is 1. The van der Waals surface area contributed by atoms with Crippen LogP contribution in [0.1, 0.15) is 27.8 Å². The lowest BCUT2D eigenvalue weighted by atomic mass is 10.1. The molecule has 0 atom stereocenters. The van der Waals surface area contributed by atoms with Crippen LogP contribution < -0.4 is 14.9 Å². The molecule has 0 saturated carbocycles. The molecule has 1 amide bonds. The van der Waals surface area contributed by atoms with E-state index in [4.69, 9.17) is 9.47 Å². The summed E-state index contributed by atoms with van der Waals surface area (Å²) in [5.74, 6) is 1.12. The summed E-state index contributed by atoms with van der Waals surface area (Å²) >= 11 is 0. The molecule has 0 heterocycles. The largest absolute Gasteiger partial charge is 0.488 e. The average Bonchev–Trinajstić information content (AvgIpc) is 2.76. The standard InChI is InChI=1S/C25H26N2O3/c1-18-13-14-19(2)25(20(18)3)30-17-24(28)27-26-15-22-11-7-8-12-23(22)29-16-21-9-5-4-6-10-21/h4-15H,16-17H2,1-3H3,(H,27,28)/b26-15+. The molecule has 0 aliphatic rings. The van der Waals surface area contributed by atoms with Crippen LogP contribution in [-0.4, -0.2) is 18.7 Å². The highest BCUT2D eigenvalue weighted by Crippen LogP contribution is 2.25. The van der Waals surface area contributed by atoms with E-state index in [9.17, 15) is 4.79 Å². The van der Waals surface area contributed by atoms with E-state index in [0.717, 1.165) is 33.6 Å². The highest BCUT2D eigenvalue weighted by molar-refractivity contribution is 5.85. The van der Waals surface area contributed by atoms with Crippen molar-refractivity contribution in [2.75, 3.05) is 6.61 Å². The Morgan fingerprint density at radius 3 is 2.40 bits per heavy atom. The number of hydrogen-bond acceptors (Lipinski definition) is 4. The molecule has 0 unspecified atom stereocenters. The molecular weight excluding hydrogens is 376 g/mol. The molecule has 0 aliphatic heterocycles. The number of rotatable bonds is 8. The lowest BCUT2D eigenvalue weighted by molar-refractivity contribution is -0.123. The SMILES string of the molecule is Cc1ccc(C)c(OCC(=O)N/N=C/c2ccccc2OCc2ccccc2)c1C. The van der Waals surface area contributed by atoms with Crippen molar-refractivity contribution in [1.82, 2.24) is 5.43 Å². The molecule has 0 radical (unpaired) electrons. The van der Waals surface area contributed by atoms with E-state index in [1.54, 1.807) is 6.21 Å². The van der Waals surface area contributed by atoms with Crippen molar-refractivity contribution in [3.8, 4) is 11.5 Å². The summed E-state index contributed by atoms with van der Waals surface area (Å²) < 4.78 is 11.6. The number of nitrogens with one attached hydrogen (secondary N) is 1. The Labute approximate surface area is 177 Å². The Hall–Kier alpha value is -3.60. The lowest BCUT2D eigenvalue weighted by Crippen LogP contribution is -2.25. The first-order chi connectivity index (χ1) is 14.5. The predicted octanol–water partition coefficient (Wildman–Crippen LogP) is 4.72. The second-order valence-electron chi connectivity index (χ2n) is 7.05. The lowest BCUT2D eigenvalue weighted by Gasteiger charge is -2.13. The maximum absolute atomic E-state index is 12.1. The van der Waals surface area contributed by atoms with Crippen LogP contribution in [0, 0.1) is 20.8 Å². The van der Waals surface area contributed by atoms with Gasteiger partial charge in [0.1, 0.15) is 18.1 Å². The van der Waals surface area contributed by atoms with Gasteiger partial charge in [-0.3, -0.25) is 4.79 Å². The van der Waals surface area contributed by atoms with Crippen LogP contribution in [0.5, 0.6) is 11.5 Å². The van der Waals surface area contributed by atoms with E-state index >= 15 is 0 Å². The van der Waals surface area contributed by atoms with Gasteiger partial charge in [-0.15, -0.1) is 0 Å². The first-order valence-corrected chi connectivity index (χ1v) is 9.82. The molecule has 0 saturated heterocycles. The van der Waals surface area contributed by atoms with Crippen LogP contribution in [0.2, 0.25) is 0 Å². The van der Waals surface area contributed by atoms with Gasteiger partial charge < -0.3 is 9.47 Å². The second-order valence-corrected chi connectivity index (χ2v) is 7.05.